The van der Waals surface area contributed by atoms with Gasteiger partial charge in [0.05, 0.1) is 22.3 Å². The number of carbonyl (C=O) groups is 6. The largest absolute Gasteiger partial charge is 0.386 e. The van der Waals surface area contributed by atoms with Crippen molar-refractivity contribution < 1.29 is 38.2 Å². The van der Waals surface area contributed by atoms with Crippen LogP contribution in [0.15, 0.2) is 84.9 Å². The minimum absolute atomic E-state index is 0.0241. The zero-order valence-electron chi connectivity index (χ0n) is 25.9. The third-order valence-electron chi connectivity index (χ3n) is 8.81. The summed E-state index contributed by atoms with van der Waals surface area (Å²) in [5.74, 6) is -3.46. The molecule has 0 bridgehead atoms. The molecule has 0 saturated heterocycles. The Kier molecular flexibility index (Phi) is 9.02. The fraction of sp³-hybridized carbons (Fsp3) is 0.231. The van der Waals surface area contributed by atoms with Crippen molar-refractivity contribution in [1.29, 1.82) is 0 Å². The van der Waals surface area contributed by atoms with Gasteiger partial charge in [0.15, 0.2) is 11.6 Å². The molecule has 4 aromatic carbocycles. The highest BCUT2D eigenvalue weighted by Crippen LogP contribution is 2.32. The highest BCUT2D eigenvalue weighted by molar-refractivity contribution is 6.18. The number of cyclic esters (lactones) is 4. The van der Waals surface area contributed by atoms with E-state index in [0.29, 0.717) is 22.3 Å². The third kappa shape index (κ3) is 6.45. The van der Waals surface area contributed by atoms with Crippen LogP contribution in [0.3, 0.4) is 0 Å². The molecular weight excluding hydrogens is 596 g/mol. The molecule has 0 spiro atoms. The summed E-state index contributed by atoms with van der Waals surface area (Å²) in [5, 5.41) is 0. The van der Waals surface area contributed by atoms with Crippen molar-refractivity contribution in [3.8, 4) is 0 Å². The monoisotopic (exact) mass is 628 g/mol. The molecule has 0 fully saturated rings. The van der Waals surface area contributed by atoms with E-state index in [2.05, 4.69) is 16.4 Å². The molecule has 0 N–H and O–H groups in total. The van der Waals surface area contributed by atoms with Crippen molar-refractivity contribution in [2.24, 2.45) is 0 Å². The summed E-state index contributed by atoms with van der Waals surface area (Å²) in [6.45, 7) is 2.19. The second-order valence-corrected chi connectivity index (χ2v) is 11.9. The Balaban J connectivity index is 1.22. The zero-order chi connectivity index (χ0) is 33.1. The molecular formula is C39H32O8. The van der Waals surface area contributed by atoms with E-state index >= 15 is 0 Å². The van der Waals surface area contributed by atoms with Crippen LogP contribution in [0, 0.1) is 0 Å². The summed E-state index contributed by atoms with van der Waals surface area (Å²) in [6.07, 6.45) is 7.78. The molecule has 2 aliphatic rings. The maximum absolute atomic E-state index is 13.3. The van der Waals surface area contributed by atoms with Gasteiger partial charge in [0.2, 0.25) is 0 Å². The highest BCUT2D eigenvalue weighted by atomic mass is 16.6. The number of ketones is 2. The Bertz CT molecular complexity index is 1780. The average Bonchev–Trinajstić information content (AvgIpc) is 3.55. The second-order valence-electron chi connectivity index (χ2n) is 11.9. The summed E-state index contributed by atoms with van der Waals surface area (Å²) in [7, 11) is 0. The zero-order valence-corrected chi connectivity index (χ0v) is 25.9. The Labute approximate surface area is 271 Å². The van der Waals surface area contributed by atoms with Gasteiger partial charge in [-0.25, -0.2) is 19.2 Å². The topological polar surface area (TPSA) is 121 Å². The number of hydrogen-bond acceptors (Lipinski definition) is 8. The predicted octanol–water partition coefficient (Wildman–Crippen LogP) is 7.65. The van der Waals surface area contributed by atoms with E-state index in [4.69, 9.17) is 0 Å². The number of rotatable bonds is 13. The van der Waals surface area contributed by atoms with Gasteiger partial charge in [0.1, 0.15) is 0 Å². The predicted molar refractivity (Wildman–Crippen MR) is 172 cm³/mol. The lowest BCUT2D eigenvalue weighted by Crippen LogP contribution is -2.07. The molecule has 2 heterocycles. The van der Waals surface area contributed by atoms with Gasteiger partial charge in [0, 0.05) is 28.2 Å². The Hall–Kier alpha value is -5.50. The average molecular weight is 629 g/mol. The normalized spacial score (nSPS) is 13.4. The molecule has 0 aromatic heterocycles. The number of unbranched alkanes of at least 4 members (excludes halogenated alkanes) is 5. The Morgan fingerprint density at radius 3 is 1.32 bits per heavy atom. The van der Waals surface area contributed by atoms with Gasteiger partial charge in [-0.05, 0) is 41.8 Å². The first-order chi connectivity index (χ1) is 22.7. The number of hydrogen-bond donors (Lipinski definition) is 0. The number of fused-ring (bicyclic) bond motifs is 2. The van der Waals surface area contributed by atoms with Crippen LogP contribution in [0.2, 0.25) is 0 Å². The van der Waals surface area contributed by atoms with Gasteiger partial charge in [-0.2, -0.15) is 0 Å². The summed E-state index contributed by atoms with van der Waals surface area (Å²) < 4.78 is 9.29. The van der Waals surface area contributed by atoms with Crippen molar-refractivity contribution in [3.05, 3.63) is 141 Å². The molecule has 0 atom stereocenters. The van der Waals surface area contributed by atoms with E-state index in [9.17, 15) is 28.8 Å². The van der Waals surface area contributed by atoms with Crippen LogP contribution < -0.4 is 0 Å². The molecule has 8 heteroatoms. The van der Waals surface area contributed by atoms with Gasteiger partial charge in [-0.1, -0.05) is 106 Å². The smallest absolute Gasteiger partial charge is 0.346 e. The number of ether oxygens (including phenoxy) is 2. The first kappa shape index (κ1) is 31.5. The van der Waals surface area contributed by atoms with Crippen LogP contribution in [-0.2, 0) is 9.47 Å². The number of esters is 4. The van der Waals surface area contributed by atoms with Gasteiger partial charge in [-0.15, -0.1) is 0 Å². The van der Waals surface area contributed by atoms with Gasteiger partial charge in [0.25, 0.3) is 0 Å². The van der Waals surface area contributed by atoms with Gasteiger partial charge >= 0.3 is 23.9 Å². The Morgan fingerprint density at radius 2 is 0.872 bits per heavy atom. The van der Waals surface area contributed by atoms with E-state index in [0.717, 1.165) is 30.4 Å². The molecule has 0 aliphatic carbocycles. The molecule has 0 saturated carbocycles. The molecule has 6 rings (SSSR count). The molecule has 0 unspecified atom stereocenters. The summed E-state index contributed by atoms with van der Waals surface area (Å²) >= 11 is 0. The summed E-state index contributed by atoms with van der Waals surface area (Å²) in [6, 6.07) is 23.5. The molecule has 4 aromatic rings. The van der Waals surface area contributed by atoms with Gasteiger partial charge < -0.3 is 9.47 Å². The maximum Gasteiger partial charge on any atom is 0.346 e. The standard InChI is InChI=1S/C39H32O8/c1-2-3-4-5-6-7-8-29(23-9-13-25(14-10-23)34(40)27-17-19-30-32(21-27)38(44)46-36(30)42)24-11-15-26(16-12-24)35(41)28-18-20-31-33(22-28)39(45)47-37(31)43/h9-22,29H,2-8H2,1H3. The van der Waals surface area contributed by atoms with Crippen LogP contribution in [0.25, 0.3) is 0 Å². The highest BCUT2D eigenvalue weighted by Gasteiger charge is 2.31. The van der Waals surface area contributed by atoms with Crippen LogP contribution >= 0.6 is 0 Å². The van der Waals surface area contributed by atoms with Crippen LogP contribution in [-0.4, -0.2) is 35.4 Å². The van der Waals surface area contributed by atoms with Crippen molar-refractivity contribution >= 4 is 35.4 Å². The summed E-state index contributed by atoms with van der Waals surface area (Å²) in [5.41, 5.74) is 4.02. The lowest BCUT2D eigenvalue weighted by molar-refractivity contribution is 0.0425. The van der Waals surface area contributed by atoms with Crippen molar-refractivity contribution in [3.63, 3.8) is 0 Å². The quantitative estimate of drug-likeness (QED) is 0.0641. The molecule has 0 amide bonds. The minimum atomic E-state index is -0.756. The number of benzene rings is 4. The lowest BCUT2D eigenvalue weighted by atomic mass is 9.85. The van der Waals surface area contributed by atoms with Gasteiger partial charge in [-0.3, -0.25) is 9.59 Å². The fourth-order valence-electron chi connectivity index (χ4n) is 6.17. The van der Waals surface area contributed by atoms with Crippen molar-refractivity contribution in [2.45, 2.75) is 57.8 Å². The SMILES string of the molecule is CCCCCCCCC(c1ccc(C(=O)c2ccc3c(c2)C(=O)OC3=O)cc1)c1ccc(C(=O)c2ccc3c(c2)C(=O)OC3=O)cc1. The minimum Gasteiger partial charge on any atom is -0.386 e. The molecule has 8 nitrogen and oxygen atoms in total. The van der Waals surface area contributed by atoms with Crippen LogP contribution in [0.4, 0.5) is 0 Å². The van der Waals surface area contributed by atoms with E-state index in [1.54, 1.807) is 24.3 Å². The van der Waals surface area contributed by atoms with E-state index in [-0.39, 0.29) is 39.7 Å². The molecule has 2 aliphatic heterocycles. The van der Waals surface area contributed by atoms with E-state index < -0.39 is 23.9 Å². The van der Waals surface area contributed by atoms with Crippen LogP contribution in [0.5, 0.6) is 0 Å². The van der Waals surface area contributed by atoms with E-state index in [1.165, 1.54) is 62.1 Å². The van der Waals surface area contributed by atoms with E-state index in [1.807, 2.05) is 24.3 Å². The maximum atomic E-state index is 13.3. The van der Waals surface area contributed by atoms with Crippen molar-refractivity contribution in [2.75, 3.05) is 0 Å². The van der Waals surface area contributed by atoms with Crippen LogP contribution in [0.1, 0.15) is 142 Å². The number of carbonyl (C=O) groups excluding carboxylic acids is 6. The first-order valence-corrected chi connectivity index (χ1v) is 15.9. The molecule has 236 valence electrons. The fourth-order valence-corrected chi connectivity index (χ4v) is 6.17. The Morgan fingerprint density at radius 1 is 0.489 bits per heavy atom. The first-order valence-electron chi connectivity index (χ1n) is 15.9. The molecule has 0 radical (unpaired) electrons. The second kappa shape index (κ2) is 13.5. The summed E-state index contributed by atoms with van der Waals surface area (Å²) in [4.78, 5) is 74.1. The third-order valence-corrected chi connectivity index (χ3v) is 8.81. The lowest BCUT2D eigenvalue weighted by Gasteiger charge is -2.19. The molecule has 47 heavy (non-hydrogen) atoms. The van der Waals surface area contributed by atoms with Crippen molar-refractivity contribution in [1.82, 2.24) is 0 Å².